The third-order valence-electron chi connectivity index (χ3n) is 4.97. The van der Waals surface area contributed by atoms with Gasteiger partial charge < -0.3 is 14.6 Å². The Morgan fingerprint density at radius 2 is 2.00 bits per heavy atom. The predicted molar refractivity (Wildman–Crippen MR) is 73.5 cm³/mol. The smallest absolute Gasteiger partial charge is 0.320 e. The molecular formula is C14H22O4S. The fraction of sp³-hybridized carbons (Fsp3) is 0.929. The van der Waals surface area contributed by atoms with Crippen LogP contribution in [0.4, 0.5) is 0 Å². The van der Waals surface area contributed by atoms with E-state index in [0.717, 1.165) is 57.5 Å². The SMILES string of the molecule is O=C(O)C1(C2CCOC3(CCOCC3)C2)CCCS1. The summed E-state index contributed by atoms with van der Waals surface area (Å²) in [4.78, 5) is 11.8. The summed E-state index contributed by atoms with van der Waals surface area (Å²) in [5.41, 5.74) is -0.104. The maximum Gasteiger partial charge on any atom is 0.320 e. The molecule has 3 fully saturated rings. The number of rotatable bonds is 2. The first-order valence-electron chi connectivity index (χ1n) is 7.26. The van der Waals surface area contributed by atoms with Crippen LogP contribution >= 0.6 is 11.8 Å². The van der Waals surface area contributed by atoms with Crippen LogP contribution in [0.2, 0.25) is 0 Å². The number of carboxylic acids is 1. The Balaban J connectivity index is 1.78. The zero-order valence-electron chi connectivity index (χ0n) is 11.2. The standard InChI is InChI=1S/C14H22O4S/c15-12(16)14(3-1-9-19-14)11-2-6-18-13(10-11)4-7-17-8-5-13/h11H,1-10H2,(H,15,16). The summed E-state index contributed by atoms with van der Waals surface area (Å²) in [5, 5.41) is 9.72. The molecule has 19 heavy (non-hydrogen) atoms. The van der Waals surface area contributed by atoms with Crippen LogP contribution in [-0.4, -0.2) is 47.0 Å². The minimum absolute atomic E-state index is 0.104. The van der Waals surface area contributed by atoms with Gasteiger partial charge in [0.2, 0.25) is 0 Å². The summed E-state index contributed by atoms with van der Waals surface area (Å²) >= 11 is 1.67. The number of thioether (sulfide) groups is 1. The molecule has 0 aromatic heterocycles. The molecule has 2 atom stereocenters. The lowest BCUT2D eigenvalue weighted by Gasteiger charge is -2.47. The molecule has 0 aromatic rings. The Kier molecular flexibility index (Phi) is 3.80. The topological polar surface area (TPSA) is 55.8 Å². The van der Waals surface area contributed by atoms with Gasteiger partial charge in [0.15, 0.2) is 0 Å². The molecule has 3 aliphatic rings. The number of aliphatic carboxylic acids is 1. The number of hydrogen-bond acceptors (Lipinski definition) is 4. The molecule has 1 N–H and O–H groups in total. The molecule has 0 aromatic carbocycles. The first-order valence-corrected chi connectivity index (χ1v) is 8.25. The van der Waals surface area contributed by atoms with E-state index in [1.807, 2.05) is 0 Å². The van der Waals surface area contributed by atoms with Crippen LogP contribution in [0.5, 0.6) is 0 Å². The van der Waals surface area contributed by atoms with Crippen molar-refractivity contribution >= 4 is 17.7 Å². The molecule has 108 valence electrons. The summed E-state index contributed by atoms with van der Waals surface area (Å²) in [7, 11) is 0. The Hall–Kier alpha value is -0.260. The quantitative estimate of drug-likeness (QED) is 0.844. The highest BCUT2D eigenvalue weighted by Crippen LogP contribution is 2.51. The average Bonchev–Trinajstić information content (AvgIpc) is 2.90. The monoisotopic (exact) mass is 286 g/mol. The maximum atomic E-state index is 11.8. The molecule has 3 rings (SSSR count). The van der Waals surface area contributed by atoms with Crippen molar-refractivity contribution in [2.45, 2.75) is 48.9 Å². The summed E-state index contributed by atoms with van der Waals surface area (Å²) in [6, 6.07) is 0. The van der Waals surface area contributed by atoms with E-state index in [2.05, 4.69) is 0 Å². The van der Waals surface area contributed by atoms with Gasteiger partial charge in [-0.05, 0) is 50.2 Å². The zero-order chi connectivity index (χ0) is 13.3. The molecule has 5 heteroatoms. The lowest BCUT2D eigenvalue weighted by atomic mass is 9.73. The van der Waals surface area contributed by atoms with Crippen LogP contribution < -0.4 is 0 Å². The van der Waals surface area contributed by atoms with Gasteiger partial charge in [0.05, 0.1) is 5.60 Å². The van der Waals surface area contributed by atoms with E-state index in [4.69, 9.17) is 9.47 Å². The van der Waals surface area contributed by atoms with Crippen molar-refractivity contribution in [2.75, 3.05) is 25.6 Å². The van der Waals surface area contributed by atoms with Crippen molar-refractivity contribution in [3.8, 4) is 0 Å². The van der Waals surface area contributed by atoms with Crippen LogP contribution in [0, 0.1) is 5.92 Å². The molecular weight excluding hydrogens is 264 g/mol. The van der Waals surface area contributed by atoms with Crippen LogP contribution in [0.1, 0.15) is 38.5 Å². The number of ether oxygens (including phenoxy) is 2. The van der Waals surface area contributed by atoms with Gasteiger partial charge in [-0.1, -0.05) is 0 Å². The first-order chi connectivity index (χ1) is 9.17. The van der Waals surface area contributed by atoms with E-state index in [0.29, 0.717) is 6.61 Å². The predicted octanol–water partition coefficient (Wildman–Crippen LogP) is 2.31. The van der Waals surface area contributed by atoms with Crippen molar-refractivity contribution in [3.05, 3.63) is 0 Å². The van der Waals surface area contributed by atoms with Gasteiger partial charge in [0, 0.05) is 19.8 Å². The molecule has 4 nitrogen and oxygen atoms in total. The molecule has 3 aliphatic heterocycles. The third-order valence-corrected chi connectivity index (χ3v) is 6.69. The molecule has 0 saturated carbocycles. The molecule has 0 amide bonds. The molecule has 3 heterocycles. The van der Waals surface area contributed by atoms with Crippen molar-refractivity contribution in [2.24, 2.45) is 5.92 Å². The van der Waals surface area contributed by atoms with Gasteiger partial charge in [-0.3, -0.25) is 4.79 Å². The largest absolute Gasteiger partial charge is 0.480 e. The van der Waals surface area contributed by atoms with E-state index >= 15 is 0 Å². The van der Waals surface area contributed by atoms with E-state index in [1.165, 1.54) is 0 Å². The fourth-order valence-corrected chi connectivity index (χ4v) is 5.35. The van der Waals surface area contributed by atoms with Gasteiger partial charge in [-0.2, -0.15) is 0 Å². The summed E-state index contributed by atoms with van der Waals surface area (Å²) in [6.07, 6.45) is 5.49. The van der Waals surface area contributed by atoms with Gasteiger partial charge in [-0.15, -0.1) is 11.8 Å². The highest BCUT2D eigenvalue weighted by molar-refractivity contribution is 8.01. The van der Waals surface area contributed by atoms with Crippen molar-refractivity contribution in [1.82, 2.24) is 0 Å². The number of hydrogen-bond donors (Lipinski definition) is 1. The second-order valence-corrected chi connectivity index (χ2v) is 7.41. The Labute approximate surface area is 118 Å². The molecule has 0 bridgehead atoms. The average molecular weight is 286 g/mol. The van der Waals surface area contributed by atoms with Crippen LogP contribution in [0.15, 0.2) is 0 Å². The van der Waals surface area contributed by atoms with Gasteiger partial charge in [0.25, 0.3) is 0 Å². The minimum Gasteiger partial charge on any atom is -0.480 e. The molecule has 0 radical (unpaired) electrons. The Morgan fingerprint density at radius 1 is 1.21 bits per heavy atom. The van der Waals surface area contributed by atoms with Crippen molar-refractivity contribution < 1.29 is 19.4 Å². The third kappa shape index (κ3) is 2.41. The van der Waals surface area contributed by atoms with Crippen molar-refractivity contribution in [3.63, 3.8) is 0 Å². The lowest BCUT2D eigenvalue weighted by Crippen LogP contribution is -2.51. The highest BCUT2D eigenvalue weighted by atomic mass is 32.2. The molecule has 3 saturated heterocycles. The first kappa shape index (κ1) is 13.7. The summed E-state index contributed by atoms with van der Waals surface area (Å²) < 4.78 is 10.9. The van der Waals surface area contributed by atoms with Gasteiger partial charge in [0.1, 0.15) is 4.75 Å². The number of carbonyl (C=O) groups is 1. The lowest BCUT2D eigenvalue weighted by molar-refractivity contribution is -0.160. The summed E-state index contributed by atoms with van der Waals surface area (Å²) in [5.74, 6) is 0.633. The Morgan fingerprint density at radius 3 is 2.63 bits per heavy atom. The van der Waals surface area contributed by atoms with Gasteiger partial charge >= 0.3 is 5.97 Å². The van der Waals surface area contributed by atoms with E-state index < -0.39 is 10.7 Å². The molecule has 0 aliphatic carbocycles. The normalized spacial score (nSPS) is 38.4. The second kappa shape index (κ2) is 5.26. The van der Waals surface area contributed by atoms with Crippen molar-refractivity contribution in [1.29, 1.82) is 0 Å². The van der Waals surface area contributed by atoms with E-state index in [-0.39, 0.29) is 11.5 Å². The Bertz CT molecular complexity index is 340. The fourth-order valence-electron chi connectivity index (χ4n) is 3.84. The molecule has 2 unspecified atom stereocenters. The van der Waals surface area contributed by atoms with E-state index in [9.17, 15) is 9.90 Å². The zero-order valence-corrected chi connectivity index (χ0v) is 12.0. The summed E-state index contributed by atoms with van der Waals surface area (Å²) in [6.45, 7) is 2.21. The second-order valence-electron chi connectivity index (χ2n) is 5.98. The van der Waals surface area contributed by atoms with Crippen LogP contribution in [0.25, 0.3) is 0 Å². The highest BCUT2D eigenvalue weighted by Gasteiger charge is 2.53. The van der Waals surface area contributed by atoms with Gasteiger partial charge in [-0.25, -0.2) is 0 Å². The number of carboxylic acid groups (broad SMARTS) is 1. The maximum absolute atomic E-state index is 11.8. The molecule has 1 spiro atoms. The van der Waals surface area contributed by atoms with Crippen LogP contribution in [0.3, 0.4) is 0 Å². The van der Waals surface area contributed by atoms with Crippen LogP contribution in [-0.2, 0) is 14.3 Å². The minimum atomic E-state index is -0.607. The van der Waals surface area contributed by atoms with E-state index in [1.54, 1.807) is 11.8 Å².